The van der Waals surface area contributed by atoms with Crippen LogP contribution >= 0.6 is 11.6 Å². The second-order valence-electron chi connectivity index (χ2n) is 3.44. The summed E-state index contributed by atoms with van der Waals surface area (Å²) in [6.45, 7) is 1.71. The van der Waals surface area contributed by atoms with E-state index in [1.165, 1.54) is 6.07 Å². The van der Waals surface area contributed by atoms with E-state index < -0.39 is 11.9 Å². The molecule has 0 saturated heterocycles. The molecule has 1 aromatic carbocycles. The van der Waals surface area contributed by atoms with Gasteiger partial charge in [0.2, 0.25) is 5.91 Å². The summed E-state index contributed by atoms with van der Waals surface area (Å²) in [6.07, 6.45) is -0.0205. The van der Waals surface area contributed by atoms with Crippen molar-refractivity contribution in [3.63, 3.8) is 0 Å². The highest BCUT2D eigenvalue weighted by atomic mass is 35.5. The lowest BCUT2D eigenvalue weighted by Gasteiger charge is -2.13. The molecule has 4 nitrogen and oxygen atoms in total. The molecule has 1 rings (SSSR count). The quantitative estimate of drug-likeness (QED) is 0.727. The number of hydrogen-bond donors (Lipinski definition) is 3. The van der Waals surface area contributed by atoms with Gasteiger partial charge < -0.3 is 16.6 Å². The molecule has 0 aliphatic heterocycles. The maximum Gasteiger partial charge on any atom is 0.219 e. The number of primary amides is 1. The lowest BCUT2D eigenvalue weighted by Crippen LogP contribution is -2.20. The first-order chi connectivity index (χ1) is 6.91. The van der Waals surface area contributed by atoms with Crippen molar-refractivity contribution in [2.24, 2.45) is 11.5 Å². The Labute approximate surface area is 92.8 Å². The lowest BCUT2D eigenvalue weighted by molar-refractivity contribution is -0.118. The SMILES string of the molecule is Cc1cc(Cl)cc(C(N)CC(N)=O)c1O. The average Bonchev–Trinajstić information content (AvgIpc) is 2.09. The van der Waals surface area contributed by atoms with E-state index in [9.17, 15) is 9.90 Å². The Morgan fingerprint density at radius 1 is 1.60 bits per heavy atom. The zero-order valence-electron chi connectivity index (χ0n) is 8.33. The molecule has 1 atom stereocenters. The second-order valence-corrected chi connectivity index (χ2v) is 3.87. The molecule has 0 aliphatic carbocycles. The maximum atomic E-state index is 10.7. The molecule has 1 aromatic rings. The van der Waals surface area contributed by atoms with E-state index in [4.69, 9.17) is 23.1 Å². The summed E-state index contributed by atoms with van der Waals surface area (Å²) in [4.78, 5) is 10.7. The normalized spacial score (nSPS) is 12.5. The number of aromatic hydroxyl groups is 1. The van der Waals surface area contributed by atoms with Crippen LogP contribution < -0.4 is 11.5 Å². The fourth-order valence-electron chi connectivity index (χ4n) is 1.37. The second kappa shape index (κ2) is 4.51. The molecule has 0 heterocycles. The standard InChI is InChI=1S/C10H13ClN2O2/c1-5-2-6(11)3-7(10(5)15)8(12)4-9(13)14/h2-3,8,15H,4,12H2,1H3,(H2,13,14). The molecular formula is C10H13ClN2O2. The third kappa shape index (κ3) is 2.84. The number of carbonyl (C=O) groups is 1. The number of phenols is 1. The fraction of sp³-hybridized carbons (Fsp3) is 0.300. The van der Waals surface area contributed by atoms with Gasteiger partial charge in [-0.05, 0) is 24.6 Å². The van der Waals surface area contributed by atoms with Crippen LogP contribution in [0.2, 0.25) is 5.02 Å². The van der Waals surface area contributed by atoms with Gasteiger partial charge in [-0.2, -0.15) is 0 Å². The third-order valence-electron chi connectivity index (χ3n) is 2.12. The Kier molecular flexibility index (Phi) is 3.55. The van der Waals surface area contributed by atoms with E-state index in [1.54, 1.807) is 13.0 Å². The van der Waals surface area contributed by atoms with Crippen molar-refractivity contribution in [1.29, 1.82) is 0 Å². The fourth-order valence-corrected chi connectivity index (χ4v) is 1.65. The third-order valence-corrected chi connectivity index (χ3v) is 2.33. The van der Waals surface area contributed by atoms with Crippen LogP contribution in [0.15, 0.2) is 12.1 Å². The molecule has 0 fully saturated rings. The highest BCUT2D eigenvalue weighted by molar-refractivity contribution is 6.30. The minimum Gasteiger partial charge on any atom is -0.507 e. The van der Waals surface area contributed by atoms with Crippen molar-refractivity contribution in [2.45, 2.75) is 19.4 Å². The molecule has 0 aliphatic rings. The smallest absolute Gasteiger partial charge is 0.219 e. The predicted molar refractivity (Wildman–Crippen MR) is 58.6 cm³/mol. The molecule has 82 valence electrons. The monoisotopic (exact) mass is 228 g/mol. The highest BCUT2D eigenvalue weighted by Gasteiger charge is 2.15. The van der Waals surface area contributed by atoms with Gasteiger partial charge >= 0.3 is 0 Å². The number of halogens is 1. The number of benzene rings is 1. The van der Waals surface area contributed by atoms with Gasteiger partial charge in [-0.25, -0.2) is 0 Å². The van der Waals surface area contributed by atoms with Crippen LogP contribution in [0.1, 0.15) is 23.6 Å². The van der Waals surface area contributed by atoms with Crippen LogP contribution in [-0.4, -0.2) is 11.0 Å². The number of carbonyl (C=O) groups excluding carboxylic acids is 1. The summed E-state index contributed by atoms with van der Waals surface area (Å²) < 4.78 is 0. The maximum absolute atomic E-state index is 10.7. The van der Waals surface area contributed by atoms with Crippen LogP contribution in [0.4, 0.5) is 0 Å². The number of hydrogen-bond acceptors (Lipinski definition) is 3. The summed E-state index contributed by atoms with van der Waals surface area (Å²) in [5.74, 6) is -0.451. The molecule has 0 spiro atoms. The Bertz CT molecular complexity index is 393. The zero-order valence-corrected chi connectivity index (χ0v) is 9.08. The van der Waals surface area contributed by atoms with Gasteiger partial charge in [0.25, 0.3) is 0 Å². The Hall–Kier alpha value is -1.26. The topological polar surface area (TPSA) is 89.3 Å². The van der Waals surface area contributed by atoms with Crippen molar-refractivity contribution >= 4 is 17.5 Å². The van der Waals surface area contributed by atoms with Gasteiger partial charge in [0.1, 0.15) is 5.75 Å². The number of rotatable bonds is 3. The minimum absolute atomic E-state index is 0.0205. The van der Waals surface area contributed by atoms with E-state index in [1.807, 2.05) is 0 Å². The van der Waals surface area contributed by atoms with Crippen LogP contribution in [-0.2, 0) is 4.79 Å². The van der Waals surface area contributed by atoms with Crippen LogP contribution in [0.3, 0.4) is 0 Å². The average molecular weight is 229 g/mol. The van der Waals surface area contributed by atoms with Crippen molar-refractivity contribution < 1.29 is 9.90 Å². The predicted octanol–water partition coefficient (Wildman–Crippen LogP) is 1.23. The van der Waals surface area contributed by atoms with Crippen molar-refractivity contribution in [2.75, 3.05) is 0 Å². The number of aryl methyl sites for hydroxylation is 1. The summed E-state index contributed by atoms with van der Waals surface area (Å²) in [5.41, 5.74) is 11.8. The van der Waals surface area contributed by atoms with E-state index in [-0.39, 0.29) is 12.2 Å². The minimum atomic E-state index is -0.625. The van der Waals surface area contributed by atoms with Crippen LogP contribution in [0.25, 0.3) is 0 Å². The van der Waals surface area contributed by atoms with E-state index in [0.29, 0.717) is 16.1 Å². The van der Waals surface area contributed by atoms with Gasteiger partial charge in [0.15, 0.2) is 0 Å². The summed E-state index contributed by atoms with van der Waals surface area (Å²) in [7, 11) is 0. The number of nitrogens with two attached hydrogens (primary N) is 2. The van der Waals surface area contributed by atoms with Crippen molar-refractivity contribution in [3.8, 4) is 5.75 Å². The van der Waals surface area contributed by atoms with Gasteiger partial charge in [-0.15, -0.1) is 0 Å². The molecular weight excluding hydrogens is 216 g/mol. The van der Waals surface area contributed by atoms with Crippen LogP contribution in [0, 0.1) is 6.92 Å². The van der Waals surface area contributed by atoms with Crippen LogP contribution in [0.5, 0.6) is 5.75 Å². The summed E-state index contributed by atoms with van der Waals surface area (Å²) >= 11 is 5.82. The molecule has 0 radical (unpaired) electrons. The first-order valence-electron chi connectivity index (χ1n) is 4.44. The van der Waals surface area contributed by atoms with Gasteiger partial charge in [0.05, 0.1) is 0 Å². The first-order valence-corrected chi connectivity index (χ1v) is 4.82. The highest BCUT2D eigenvalue weighted by Crippen LogP contribution is 2.31. The van der Waals surface area contributed by atoms with Crippen molar-refractivity contribution in [3.05, 3.63) is 28.3 Å². The molecule has 0 aromatic heterocycles. The molecule has 0 saturated carbocycles. The van der Waals surface area contributed by atoms with Gasteiger partial charge in [-0.3, -0.25) is 4.79 Å². The Morgan fingerprint density at radius 3 is 2.73 bits per heavy atom. The molecule has 15 heavy (non-hydrogen) atoms. The number of phenolic OH excluding ortho intramolecular Hbond substituents is 1. The number of amides is 1. The lowest BCUT2D eigenvalue weighted by atomic mass is 10.0. The molecule has 1 amide bonds. The Morgan fingerprint density at radius 2 is 2.20 bits per heavy atom. The largest absolute Gasteiger partial charge is 0.507 e. The molecule has 5 heteroatoms. The van der Waals surface area contributed by atoms with Gasteiger partial charge in [0, 0.05) is 23.0 Å². The first kappa shape index (κ1) is 11.8. The molecule has 5 N–H and O–H groups in total. The van der Waals surface area contributed by atoms with E-state index >= 15 is 0 Å². The van der Waals surface area contributed by atoms with E-state index in [2.05, 4.69) is 0 Å². The zero-order chi connectivity index (χ0) is 11.6. The van der Waals surface area contributed by atoms with Crippen molar-refractivity contribution in [1.82, 2.24) is 0 Å². The van der Waals surface area contributed by atoms with Gasteiger partial charge in [-0.1, -0.05) is 11.6 Å². The Balaban J connectivity index is 3.07. The summed E-state index contributed by atoms with van der Waals surface area (Å²) in [5, 5.41) is 10.2. The molecule has 0 bridgehead atoms. The van der Waals surface area contributed by atoms with E-state index in [0.717, 1.165) is 0 Å². The summed E-state index contributed by atoms with van der Waals surface area (Å²) in [6, 6.07) is 2.54. The molecule has 1 unspecified atom stereocenters.